The molecule has 13 heavy (non-hydrogen) atoms. The fourth-order valence-corrected chi connectivity index (χ4v) is 1.72. The molecule has 5 heteroatoms. The third kappa shape index (κ3) is 3.15. The molecule has 1 aliphatic rings. The van der Waals surface area contributed by atoms with Crippen molar-refractivity contribution in [1.29, 1.82) is 0 Å². The summed E-state index contributed by atoms with van der Waals surface area (Å²) in [6.07, 6.45) is 2.68. The van der Waals surface area contributed by atoms with Crippen molar-refractivity contribution in [3.8, 4) is 0 Å². The van der Waals surface area contributed by atoms with Gasteiger partial charge in [0.15, 0.2) is 0 Å². The molecular formula is C8H12MgO4. The van der Waals surface area contributed by atoms with Gasteiger partial charge >= 0.3 is 11.9 Å². The normalized spacial score (nSPS) is 27.4. The first-order chi connectivity index (χ1) is 5.63. The van der Waals surface area contributed by atoms with Crippen LogP contribution in [0, 0.1) is 11.8 Å². The molecule has 0 bridgehead atoms. The highest BCUT2D eigenvalue weighted by Crippen LogP contribution is 2.30. The second-order valence-electron chi connectivity index (χ2n) is 3.17. The van der Waals surface area contributed by atoms with Crippen molar-refractivity contribution in [3.63, 3.8) is 0 Å². The van der Waals surface area contributed by atoms with E-state index in [9.17, 15) is 9.59 Å². The highest BCUT2D eigenvalue weighted by Gasteiger charge is 2.35. The Bertz CT molecular complexity index is 182. The predicted molar refractivity (Wildman–Crippen MR) is 46.5 cm³/mol. The SMILES string of the molecule is O=C(O)C1CCCCC1C(=O)O.[Mg]. The maximum absolute atomic E-state index is 10.6. The molecule has 0 heterocycles. The van der Waals surface area contributed by atoms with Gasteiger partial charge in [0.2, 0.25) is 0 Å². The van der Waals surface area contributed by atoms with E-state index in [4.69, 9.17) is 10.2 Å². The van der Waals surface area contributed by atoms with E-state index < -0.39 is 23.8 Å². The average Bonchev–Trinajstić information content (AvgIpc) is 2.04. The zero-order valence-corrected chi connectivity index (χ0v) is 8.82. The van der Waals surface area contributed by atoms with Crippen LogP contribution in [-0.2, 0) is 9.59 Å². The summed E-state index contributed by atoms with van der Waals surface area (Å²) in [4.78, 5) is 21.2. The van der Waals surface area contributed by atoms with Crippen molar-refractivity contribution in [2.45, 2.75) is 25.7 Å². The van der Waals surface area contributed by atoms with Crippen LogP contribution < -0.4 is 0 Å². The molecule has 2 atom stereocenters. The van der Waals surface area contributed by atoms with Crippen LogP contribution in [0.5, 0.6) is 0 Å². The van der Waals surface area contributed by atoms with E-state index in [0.717, 1.165) is 12.8 Å². The Morgan fingerprint density at radius 2 is 1.23 bits per heavy atom. The highest BCUT2D eigenvalue weighted by atomic mass is 24.3. The Morgan fingerprint density at radius 3 is 1.46 bits per heavy atom. The summed E-state index contributed by atoms with van der Waals surface area (Å²) in [5, 5.41) is 17.4. The van der Waals surface area contributed by atoms with E-state index >= 15 is 0 Å². The third-order valence-electron chi connectivity index (χ3n) is 2.40. The highest BCUT2D eigenvalue weighted by molar-refractivity contribution is 5.80. The number of carboxylic acids is 2. The van der Waals surface area contributed by atoms with Crippen molar-refractivity contribution in [1.82, 2.24) is 0 Å². The molecule has 0 amide bonds. The molecule has 70 valence electrons. The van der Waals surface area contributed by atoms with Gasteiger partial charge in [0, 0.05) is 23.1 Å². The molecule has 0 aliphatic heterocycles. The summed E-state index contributed by atoms with van der Waals surface area (Å²) in [6.45, 7) is 0. The van der Waals surface area contributed by atoms with Crippen LogP contribution in [0.2, 0.25) is 0 Å². The first-order valence-electron chi connectivity index (χ1n) is 4.08. The van der Waals surface area contributed by atoms with Gasteiger partial charge in [-0.3, -0.25) is 9.59 Å². The van der Waals surface area contributed by atoms with E-state index in [1.165, 1.54) is 0 Å². The molecule has 0 spiro atoms. The topological polar surface area (TPSA) is 74.6 Å². The average molecular weight is 196 g/mol. The lowest BCUT2D eigenvalue weighted by Gasteiger charge is -2.24. The molecule has 4 nitrogen and oxygen atoms in total. The minimum absolute atomic E-state index is 0. The molecule has 1 aliphatic carbocycles. The Morgan fingerprint density at radius 1 is 0.923 bits per heavy atom. The summed E-state index contributed by atoms with van der Waals surface area (Å²) in [5.41, 5.74) is 0. The van der Waals surface area contributed by atoms with Gasteiger partial charge in [-0.15, -0.1) is 0 Å². The van der Waals surface area contributed by atoms with Crippen LogP contribution in [0.3, 0.4) is 0 Å². The molecule has 0 saturated heterocycles. The molecule has 0 aromatic heterocycles. The van der Waals surface area contributed by atoms with Gasteiger partial charge < -0.3 is 10.2 Å². The second-order valence-corrected chi connectivity index (χ2v) is 3.17. The minimum atomic E-state index is -0.970. The number of carboxylic acid groups (broad SMARTS) is 2. The number of rotatable bonds is 2. The molecular weight excluding hydrogens is 184 g/mol. The number of hydrogen-bond donors (Lipinski definition) is 2. The van der Waals surface area contributed by atoms with Crippen LogP contribution in [0.4, 0.5) is 0 Å². The fraction of sp³-hybridized carbons (Fsp3) is 0.750. The molecule has 2 N–H and O–H groups in total. The first kappa shape index (κ1) is 12.7. The van der Waals surface area contributed by atoms with Crippen LogP contribution >= 0.6 is 0 Å². The fourth-order valence-electron chi connectivity index (χ4n) is 1.72. The molecule has 0 aromatic carbocycles. The van der Waals surface area contributed by atoms with Gasteiger partial charge in [-0.05, 0) is 12.8 Å². The summed E-state index contributed by atoms with van der Waals surface area (Å²) in [7, 11) is 0. The largest absolute Gasteiger partial charge is 0.481 e. The summed E-state index contributed by atoms with van der Waals surface area (Å²) >= 11 is 0. The van der Waals surface area contributed by atoms with Gasteiger partial charge in [0.05, 0.1) is 11.8 Å². The molecule has 1 saturated carbocycles. The van der Waals surface area contributed by atoms with E-state index in [1.807, 2.05) is 0 Å². The number of aliphatic carboxylic acids is 2. The van der Waals surface area contributed by atoms with Crippen molar-refractivity contribution in [2.75, 3.05) is 0 Å². The Balaban J connectivity index is 0.00000144. The minimum Gasteiger partial charge on any atom is -0.481 e. The van der Waals surface area contributed by atoms with E-state index in [2.05, 4.69) is 0 Å². The quantitative estimate of drug-likeness (QED) is 0.634. The first-order valence-corrected chi connectivity index (χ1v) is 4.08. The Kier molecular flexibility index (Phi) is 5.32. The number of carbonyl (C=O) groups is 2. The van der Waals surface area contributed by atoms with Gasteiger partial charge in [-0.2, -0.15) is 0 Å². The van der Waals surface area contributed by atoms with E-state index in [-0.39, 0.29) is 23.1 Å². The standard InChI is InChI=1S/C8H12O4.Mg/c9-7(10)5-3-1-2-4-6(5)8(11)12;/h5-6H,1-4H2,(H,9,10)(H,11,12);. The van der Waals surface area contributed by atoms with Crippen LogP contribution in [0.25, 0.3) is 0 Å². The lowest BCUT2D eigenvalue weighted by Crippen LogP contribution is -2.32. The van der Waals surface area contributed by atoms with Crippen molar-refractivity contribution in [2.24, 2.45) is 11.8 Å². The lowest BCUT2D eigenvalue weighted by atomic mass is 9.79. The summed E-state index contributed by atoms with van der Waals surface area (Å²) < 4.78 is 0. The zero-order chi connectivity index (χ0) is 9.14. The van der Waals surface area contributed by atoms with Crippen molar-refractivity contribution < 1.29 is 19.8 Å². The van der Waals surface area contributed by atoms with E-state index in [0.29, 0.717) is 12.8 Å². The Labute approximate surface area is 92.5 Å². The summed E-state index contributed by atoms with van der Waals surface area (Å²) in [6, 6.07) is 0. The predicted octanol–water partition coefficient (Wildman–Crippen LogP) is 0.581. The van der Waals surface area contributed by atoms with Gasteiger partial charge in [0.1, 0.15) is 0 Å². The smallest absolute Gasteiger partial charge is 0.307 e. The second kappa shape index (κ2) is 5.44. The summed E-state index contributed by atoms with van der Waals surface area (Å²) in [5.74, 6) is -3.28. The lowest BCUT2D eigenvalue weighted by molar-refractivity contribution is -0.155. The number of hydrogen-bond acceptors (Lipinski definition) is 2. The van der Waals surface area contributed by atoms with Gasteiger partial charge in [-0.1, -0.05) is 12.8 Å². The van der Waals surface area contributed by atoms with Gasteiger partial charge in [-0.25, -0.2) is 0 Å². The monoisotopic (exact) mass is 196 g/mol. The zero-order valence-electron chi connectivity index (χ0n) is 7.40. The molecule has 1 fully saturated rings. The molecule has 1 rings (SSSR count). The third-order valence-corrected chi connectivity index (χ3v) is 2.40. The van der Waals surface area contributed by atoms with E-state index in [1.54, 1.807) is 0 Å². The maximum atomic E-state index is 10.6. The van der Waals surface area contributed by atoms with Crippen LogP contribution in [0.15, 0.2) is 0 Å². The molecule has 2 unspecified atom stereocenters. The van der Waals surface area contributed by atoms with Crippen molar-refractivity contribution in [3.05, 3.63) is 0 Å². The van der Waals surface area contributed by atoms with Gasteiger partial charge in [0.25, 0.3) is 0 Å². The maximum Gasteiger partial charge on any atom is 0.307 e. The van der Waals surface area contributed by atoms with Crippen LogP contribution in [-0.4, -0.2) is 45.2 Å². The van der Waals surface area contributed by atoms with Crippen LogP contribution in [0.1, 0.15) is 25.7 Å². The molecule has 0 aromatic rings. The van der Waals surface area contributed by atoms with Crippen molar-refractivity contribution >= 4 is 35.0 Å². The Hall–Kier alpha value is -0.294. The molecule has 2 radical (unpaired) electrons.